The fourth-order valence-electron chi connectivity index (χ4n) is 3.29. The Morgan fingerprint density at radius 3 is 2.69 bits per heavy atom. The van der Waals surface area contributed by atoms with E-state index in [4.69, 9.17) is 9.90 Å². The molecule has 9 nitrogen and oxygen atoms in total. The zero-order valence-electron chi connectivity index (χ0n) is 16.7. The summed E-state index contributed by atoms with van der Waals surface area (Å²) in [5, 5.41) is 17.6. The summed E-state index contributed by atoms with van der Waals surface area (Å²) in [7, 11) is 0. The maximum absolute atomic E-state index is 12.8. The largest absolute Gasteiger partial charge is 0.490 e. The van der Waals surface area contributed by atoms with Crippen LogP contribution in [0, 0.1) is 0 Å². The van der Waals surface area contributed by atoms with E-state index in [2.05, 4.69) is 25.7 Å². The van der Waals surface area contributed by atoms with Crippen LogP contribution < -0.4 is 10.6 Å². The fraction of sp³-hybridized carbons (Fsp3) is 0.350. The van der Waals surface area contributed by atoms with Crippen LogP contribution in [-0.4, -0.2) is 49.3 Å². The van der Waals surface area contributed by atoms with Crippen molar-refractivity contribution in [3.05, 3.63) is 53.2 Å². The molecule has 1 saturated carbocycles. The van der Waals surface area contributed by atoms with Crippen molar-refractivity contribution in [2.75, 3.05) is 11.9 Å². The van der Waals surface area contributed by atoms with E-state index in [0.29, 0.717) is 22.9 Å². The van der Waals surface area contributed by atoms with Gasteiger partial charge in [-0.1, -0.05) is 0 Å². The van der Waals surface area contributed by atoms with Gasteiger partial charge in [-0.2, -0.15) is 18.3 Å². The monoisotopic (exact) mass is 448 g/mol. The minimum Gasteiger partial charge on any atom is -0.475 e. The minimum absolute atomic E-state index is 0.191. The molecule has 0 radical (unpaired) electrons. The van der Waals surface area contributed by atoms with Gasteiger partial charge >= 0.3 is 12.1 Å². The minimum atomic E-state index is -5.08. The molecule has 2 aliphatic rings. The number of anilines is 1. The highest BCUT2D eigenvalue weighted by Crippen LogP contribution is 2.39. The number of nitrogens with one attached hydrogen (secondary N) is 2. The normalized spacial score (nSPS) is 15.5. The number of carbonyl (C=O) groups excluding carboxylic acids is 1. The second-order valence-electron chi connectivity index (χ2n) is 7.46. The quantitative estimate of drug-likeness (QED) is 0.563. The first kappa shape index (κ1) is 21.7. The number of fused-ring (bicyclic) bond motifs is 2. The molecule has 0 saturated heterocycles. The van der Waals surface area contributed by atoms with E-state index in [9.17, 15) is 18.0 Å². The Kier molecular flexibility index (Phi) is 5.78. The molecular weight excluding hydrogens is 429 g/mol. The Morgan fingerprint density at radius 1 is 1.25 bits per heavy atom. The van der Waals surface area contributed by atoms with E-state index >= 15 is 0 Å². The summed E-state index contributed by atoms with van der Waals surface area (Å²) < 4.78 is 33.3. The lowest BCUT2D eigenvalue weighted by atomic mass is 10.1. The Labute approximate surface area is 179 Å². The molecular formula is C20H19F3N6O3. The smallest absolute Gasteiger partial charge is 0.475 e. The molecule has 3 N–H and O–H groups in total. The highest BCUT2D eigenvalue weighted by atomic mass is 19.4. The van der Waals surface area contributed by atoms with E-state index in [0.717, 1.165) is 49.3 Å². The van der Waals surface area contributed by atoms with Crippen molar-refractivity contribution in [3.63, 3.8) is 0 Å². The number of aromatic nitrogens is 4. The molecule has 5 rings (SSSR count). The standard InChI is InChI=1S/C18H18N6O.C2HF3O2/c25-18(22-13-7-12-9-19-5-3-14(12)20-10-13)16-8-15(11-1-2-11)23-17-4-6-21-24(16)17;3-2(4,5)1(6)7/h4,6-8,10-11,19H,1-3,5,9H2,(H,22,25);(H,6,7). The first-order valence-electron chi connectivity index (χ1n) is 9.87. The molecule has 12 heteroatoms. The number of carboxylic acids is 1. The summed E-state index contributed by atoms with van der Waals surface area (Å²) in [4.78, 5) is 30.8. The van der Waals surface area contributed by atoms with Gasteiger partial charge in [0.25, 0.3) is 5.91 Å². The molecule has 0 spiro atoms. The Bertz CT molecular complexity index is 1170. The lowest BCUT2D eigenvalue weighted by Crippen LogP contribution is -2.25. The van der Waals surface area contributed by atoms with E-state index < -0.39 is 12.1 Å². The summed E-state index contributed by atoms with van der Waals surface area (Å²) in [6.45, 7) is 1.74. The molecule has 3 aromatic heterocycles. The number of aliphatic carboxylic acids is 1. The number of hydrogen-bond acceptors (Lipinski definition) is 6. The number of carbonyl (C=O) groups is 2. The molecule has 168 valence electrons. The third-order valence-electron chi connectivity index (χ3n) is 5.02. The van der Waals surface area contributed by atoms with Gasteiger partial charge in [-0.3, -0.25) is 9.78 Å². The number of rotatable bonds is 3. The summed E-state index contributed by atoms with van der Waals surface area (Å²) >= 11 is 0. The zero-order chi connectivity index (χ0) is 22.9. The fourth-order valence-corrected chi connectivity index (χ4v) is 3.29. The first-order chi connectivity index (χ1) is 15.2. The van der Waals surface area contributed by atoms with Crippen LogP contribution in [0.3, 0.4) is 0 Å². The molecule has 0 bridgehead atoms. The third kappa shape index (κ3) is 4.85. The van der Waals surface area contributed by atoms with Crippen molar-refractivity contribution in [3.8, 4) is 0 Å². The number of pyridine rings is 1. The highest BCUT2D eigenvalue weighted by molar-refractivity contribution is 6.03. The molecule has 1 aliphatic carbocycles. The zero-order valence-corrected chi connectivity index (χ0v) is 16.7. The van der Waals surface area contributed by atoms with Crippen LogP contribution in [0.4, 0.5) is 18.9 Å². The van der Waals surface area contributed by atoms with Gasteiger partial charge in [0.05, 0.1) is 18.1 Å². The van der Waals surface area contributed by atoms with Crippen molar-refractivity contribution < 1.29 is 27.9 Å². The molecule has 0 atom stereocenters. The number of hydrogen-bond donors (Lipinski definition) is 3. The Balaban J connectivity index is 0.000000307. The second kappa shape index (κ2) is 8.54. The summed E-state index contributed by atoms with van der Waals surface area (Å²) in [5.74, 6) is -2.47. The average Bonchev–Trinajstić information content (AvgIpc) is 3.50. The maximum Gasteiger partial charge on any atom is 0.490 e. The van der Waals surface area contributed by atoms with Gasteiger partial charge in [0.2, 0.25) is 0 Å². The van der Waals surface area contributed by atoms with Crippen LogP contribution >= 0.6 is 0 Å². The van der Waals surface area contributed by atoms with Crippen LogP contribution in [0.1, 0.15) is 46.2 Å². The lowest BCUT2D eigenvalue weighted by molar-refractivity contribution is -0.192. The van der Waals surface area contributed by atoms with Gasteiger partial charge in [-0.15, -0.1) is 0 Å². The van der Waals surface area contributed by atoms with Gasteiger partial charge in [-0.05, 0) is 30.5 Å². The molecule has 4 heterocycles. The maximum atomic E-state index is 12.8. The van der Waals surface area contributed by atoms with Crippen molar-refractivity contribution >= 4 is 23.2 Å². The van der Waals surface area contributed by atoms with E-state index in [1.165, 1.54) is 0 Å². The molecule has 3 aromatic rings. The van der Waals surface area contributed by atoms with Crippen LogP contribution in [0.2, 0.25) is 0 Å². The predicted octanol–water partition coefficient (Wildman–Crippen LogP) is 2.53. The SMILES string of the molecule is O=C(Nc1cnc2c(c1)CNCC2)c1cc(C2CC2)nc2ccnn12.O=C(O)C(F)(F)F. The average molecular weight is 448 g/mol. The van der Waals surface area contributed by atoms with Gasteiger partial charge in [0, 0.05) is 42.9 Å². The Hall–Kier alpha value is -3.54. The summed E-state index contributed by atoms with van der Waals surface area (Å²) in [5.41, 5.74) is 5.14. The van der Waals surface area contributed by atoms with Crippen molar-refractivity contribution in [1.29, 1.82) is 0 Å². The molecule has 0 unspecified atom stereocenters. The number of amides is 1. The molecule has 0 aromatic carbocycles. The summed E-state index contributed by atoms with van der Waals surface area (Å²) in [6.07, 6.45) is 1.51. The van der Waals surface area contributed by atoms with Crippen molar-refractivity contribution in [2.45, 2.75) is 37.9 Å². The van der Waals surface area contributed by atoms with Gasteiger partial charge in [0.15, 0.2) is 5.65 Å². The first-order valence-corrected chi connectivity index (χ1v) is 9.87. The number of nitrogens with zero attached hydrogens (tertiary/aromatic N) is 4. The third-order valence-corrected chi connectivity index (χ3v) is 5.02. The number of alkyl halides is 3. The van der Waals surface area contributed by atoms with Gasteiger partial charge in [0.1, 0.15) is 5.69 Å². The lowest BCUT2D eigenvalue weighted by Gasteiger charge is -2.17. The number of halogens is 3. The Morgan fingerprint density at radius 2 is 2.00 bits per heavy atom. The molecule has 1 aliphatic heterocycles. The summed E-state index contributed by atoms with van der Waals surface area (Å²) in [6, 6.07) is 5.69. The number of carboxylic acid groups (broad SMARTS) is 1. The van der Waals surface area contributed by atoms with E-state index in [1.54, 1.807) is 16.9 Å². The highest BCUT2D eigenvalue weighted by Gasteiger charge is 2.38. The van der Waals surface area contributed by atoms with Gasteiger partial charge < -0.3 is 15.7 Å². The van der Waals surface area contributed by atoms with Crippen LogP contribution in [0.25, 0.3) is 5.65 Å². The molecule has 32 heavy (non-hydrogen) atoms. The molecule has 1 fully saturated rings. The predicted molar refractivity (Wildman–Crippen MR) is 106 cm³/mol. The second-order valence-corrected chi connectivity index (χ2v) is 7.46. The van der Waals surface area contributed by atoms with Crippen LogP contribution in [-0.2, 0) is 17.8 Å². The van der Waals surface area contributed by atoms with E-state index in [-0.39, 0.29) is 5.91 Å². The van der Waals surface area contributed by atoms with Crippen molar-refractivity contribution in [1.82, 2.24) is 24.9 Å². The van der Waals surface area contributed by atoms with Crippen molar-refractivity contribution in [2.24, 2.45) is 0 Å². The molecule has 1 amide bonds. The van der Waals surface area contributed by atoms with Crippen LogP contribution in [0.5, 0.6) is 0 Å². The topological polar surface area (TPSA) is 122 Å². The van der Waals surface area contributed by atoms with E-state index in [1.807, 2.05) is 18.2 Å². The van der Waals surface area contributed by atoms with Crippen LogP contribution in [0.15, 0.2) is 30.6 Å². The van der Waals surface area contributed by atoms with Gasteiger partial charge in [-0.25, -0.2) is 14.3 Å².